The van der Waals surface area contributed by atoms with E-state index in [1.54, 1.807) is 0 Å². The largest absolute Gasteiger partial charge is 0.330 e. The molecule has 0 atom stereocenters. The summed E-state index contributed by atoms with van der Waals surface area (Å²) in [6.07, 6.45) is 9.76. The lowest BCUT2D eigenvalue weighted by Gasteiger charge is -2.20. The van der Waals surface area contributed by atoms with Crippen molar-refractivity contribution in [3.8, 4) is 0 Å². The number of hydrogen-bond acceptors (Lipinski definition) is 3. The Balaban J connectivity index is 1.86. The highest BCUT2D eigenvalue weighted by Gasteiger charge is 2.14. The Kier molecular flexibility index (Phi) is 3.72. The maximum Gasteiger partial charge on any atom is 0.0839 e. The van der Waals surface area contributed by atoms with Gasteiger partial charge in [0, 0.05) is 19.2 Å². The highest BCUT2D eigenvalue weighted by Crippen LogP contribution is 2.24. The van der Waals surface area contributed by atoms with E-state index < -0.39 is 0 Å². The smallest absolute Gasteiger partial charge is 0.0839 e. The first kappa shape index (κ1) is 10.6. The van der Waals surface area contributed by atoms with Gasteiger partial charge in [0.05, 0.1) is 5.69 Å². The number of nitrogens with two attached hydrogens (primary N) is 1. The molecule has 1 aromatic rings. The van der Waals surface area contributed by atoms with Gasteiger partial charge in [0.1, 0.15) is 0 Å². The molecular formula is C11H20N4. The number of aromatic nitrogens is 3. The Morgan fingerprint density at radius 1 is 1.33 bits per heavy atom. The SMILES string of the molecule is NCCc1cn(CC2CCCCC2)nn1. The zero-order valence-corrected chi connectivity index (χ0v) is 9.23. The van der Waals surface area contributed by atoms with E-state index in [0.717, 1.165) is 24.6 Å². The van der Waals surface area contributed by atoms with E-state index >= 15 is 0 Å². The van der Waals surface area contributed by atoms with Gasteiger partial charge in [-0.1, -0.05) is 24.5 Å². The molecule has 1 heterocycles. The Labute approximate surface area is 90.8 Å². The molecule has 0 aliphatic heterocycles. The Bertz CT molecular complexity index is 289. The molecule has 1 aromatic heterocycles. The highest BCUT2D eigenvalue weighted by atomic mass is 15.4. The second kappa shape index (κ2) is 5.26. The minimum absolute atomic E-state index is 0.655. The van der Waals surface area contributed by atoms with E-state index in [0.29, 0.717) is 6.54 Å². The van der Waals surface area contributed by atoms with E-state index in [1.807, 2.05) is 10.9 Å². The first-order chi connectivity index (χ1) is 7.38. The summed E-state index contributed by atoms with van der Waals surface area (Å²) in [5, 5.41) is 8.24. The second-order valence-electron chi connectivity index (χ2n) is 4.47. The van der Waals surface area contributed by atoms with E-state index in [4.69, 9.17) is 5.73 Å². The average molecular weight is 208 g/mol. The van der Waals surface area contributed by atoms with Crippen molar-refractivity contribution in [3.63, 3.8) is 0 Å². The third-order valence-corrected chi connectivity index (χ3v) is 3.16. The van der Waals surface area contributed by atoms with Gasteiger partial charge >= 0.3 is 0 Å². The molecule has 0 unspecified atom stereocenters. The van der Waals surface area contributed by atoms with Crippen LogP contribution < -0.4 is 5.73 Å². The summed E-state index contributed by atoms with van der Waals surface area (Å²) in [5.74, 6) is 0.811. The summed E-state index contributed by atoms with van der Waals surface area (Å²) < 4.78 is 1.99. The van der Waals surface area contributed by atoms with E-state index in [1.165, 1.54) is 32.1 Å². The van der Waals surface area contributed by atoms with Gasteiger partial charge in [-0.05, 0) is 25.3 Å². The van der Waals surface area contributed by atoms with Crippen LogP contribution in [0, 0.1) is 5.92 Å². The summed E-state index contributed by atoms with van der Waals surface area (Å²) in [5.41, 5.74) is 6.50. The molecule has 1 aliphatic rings. The number of nitrogens with zero attached hydrogens (tertiary/aromatic N) is 3. The van der Waals surface area contributed by atoms with Crippen LogP contribution in [0.3, 0.4) is 0 Å². The van der Waals surface area contributed by atoms with Gasteiger partial charge in [0.25, 0.3) is 0 Å². The van der Waals surface area contributed by atoms with E-state index in [9.17, 15) is 0 Å². The Morgan fingerprint density at radius 2 is 2.13 bits per heavy atom. The molecule has 0 aromatic carbocycles. The molecule has 2 N–H and O–H groups in total. The fourth-order valence-electron chi connectivity index (χ4n) is 2.32. The fraction of sp³-hybridized carbons (Fsp3) is 0.818. The van der Waals surface area contributed by atoms with Crippen molar-refractivity contribution in [2.24, 2.45) is 11.7 Å². The van der Waals surface area contributed by atoms with Crippen LogP contribution in [0.1, 0.15) is 37.8 Å². The second-order valence-corrected chi connectivity index (χ2v) is 4.47. The molecule has 0 bridgehead atoms. The van der Waals surface area contributed by atoms with Gasteiger partial charge in [0.2, 0.25) is 0 Å². The molecule has 0 amide bonds. The van der Waals surface area contributed by atoms with Crippen molar-refractivity contribution < 1.29 is 0 Å². The van der Waals surface area contributed by atoms with Gasteiger partial charge in [-0.15, -0.1) is 5.10 Å². The van der Waals surface area contributed by atoms with Crippen molar-refractivity contribution >= 4 is 0 Å². The fourth-order valence-corrected chi connectivity index (χ4v) is 2.32. The van der Waals surface area contributed by atoms with Crippen molar-refractivity contribution in [3.05, 3.63) is 11.9 Å². The molecule has 1 aliphatic carbocycles. The topological polar surface area (TPSA) is 56.7 Å². The van der Waals surface area contributed by atoms with Crippen LogP contribution in [0.5, 0.6) is 0 Å². The molecule has 2 rings (SSSR count). The molecule has 4 heteroatoms. The predicted molar refractivity (Wildman–Crippen MR) is 59.4 cm³/mol. The minimum Gasteiger partial charge on any atom is -0.330 e. The van der Waals surface area contributed by atoms with Gasteiger partial charge in [0.15, 0.2) is 0 Å². The van der Waals surface area contributed by atoms with Crippen LogP contribution in [0.2, 0.25) is 0 Å². The van der Waals surface area contributed by atoms with Crippen LogP contribution in [-0.4, -0.2) is 21.5 Å². The summed E-state index contributed by atoms with van der Waals surface area (Å²) >= 11 is 0. The third kappa shape index (κ3) is 3.02. The van der Waals surface area contributed by atoms with Crippen molar-refractivity contribution in [2.75, 3.05) is 6.54 Å². The normalized spacial score (nSPS) is 18.2. The van der Waals surface area contributed by atoms with Gasteiger partial charge in [-0.25, -0.2) is 0 Å². The number of rotatable bonds is 4. The predicted octanol–water partition coefficient (Wildman–Crippen LogP) is 1.36. The minimum atomic E-state index is 0.655. The van der Waals surface area contributed by atoms with Crippen molar-refractivity contribution in [1.29, 1.82) is 0 Å². The number of hydrogen-bond donors (Lipinski definition) is 1. The van der Waals surface area contributed by atoms with Crippen molar-refractivity contribution in [2.45, 2.75) is 45.1 Å². The third-order valence-electron chi connectivity index (χ3n) is 3.16. The summed E-state index contributed by atoms with van der Waals surface area (Å²) in [4.78, 5) is 0. The lowest BCUT2D eigenvalue weighted by Crippen LogP contribution is -2.14. The zero-order valence-electron chi connectivity index (χ0n) is 9.23. The lowest BCUT2D eigenvalue weighted by atomic mass is 9.89. The van der Waals surface area contributed by atoms with Crippen LogP contribution in [0.25, 0.3) is 0 Å². The van der Waals surface area contributed by atoms with E-state index in [2.05, 4.69) is 10.3 Å². The van der Waals surface area contributed by atoms with Crippen LogP contribution >= 0.6 is 0 Å². The highest BCUT2D eigenvalue weighted by molar-refractivity contribution is 4.92. The molecule has 0 spiro atoms. The maximum absolute atomic E-state index is 5.48. The quantitative estimate of drug-likeness (QED) is 0.812. The summed E-state index contributed by atoms with van der Waals surface area (Å²) in [6.45, 7) is 1.69. The van der Waals surface area contributed by atoms with Crippen molar-refractivity contribution in [1.82, 2.24) is 15.0 Å². The average Bonchev–Trinajstić information content (AvgIpc) is 2.68. The first-order valence-electron chi connectivity index (χ1n) is 5.97. The lowest BCUT2D eigenvalue weighted by molar-refractivity contribution is 0.305. The molecule has 0 saturated heterocycles. The molecule has 15 heavy (non-hydrogen) atoms. The van der Waals surface area contributed by atoms with Crippen LogP contribution in [0.15, 0.2) is 6.20 Å². The Hall–Kier alpha value is -0.900. The molecule has 4 nitrogen and oxygen atoms in total. The summed E-state index contributed by atoms with van der Waals surface area (Å²) in [7, 11) is 0. The summed E-state index contributed by atoms with van der Waals surface area (Å²) in [6, 6.07) is 0. The van der Waals surface area contributed by atoms with Gasteiger partial charge in [-0.2, -0.15) is 0 Å². The van der Waals surface area contributed by atoms with Crippen LogP contribution in [0.4, 0.5) is 0 Å². The molecule has 0 radical (unpaired) electrons. The van der Waals surface area contributed by atoms with Gasteiger partial charge in [-0.3, -0.25) is 4.68 Å². The van der Waals surface area contributed by atoms with Gasteiger partial charge < -0.3 is 5.73 Å². The Morgan fingerprint density at radius 3 is 2.87 bits per heavy atom. The standard InChI is InChI=1S/C11H20N4/c12-7-6-11-9-15(14-13-11)8-10-4-2-1-3-5-10/h9-10H,1-8,12H2. The molecule has 84 valence electrons. The molecular weight excluding hydrogens is 188 g/mol. The molecule has 1 fully saturated rings. The zero-order chi connectivity index (χ0) is 10.5. The maximum atomic E-state index is 5.48. The monoisotopic (exact) mass is 208 g/mol. The van der Waals surface area contributed by atoms with E-state index in [-0.39, 0.29) is 0 Å². The first-order valence-corrected chi connectivity index (χ1v) is 5.97. The molecule has 1 saturated carbocycles. The van der Waals surface area contributed by atoms with Crippen LogP contribution in [-0.2, 0) is 13.0 Å².